The van der Waals surface area contributed by atoms with Crippen molar-refractivity contribution in [2.24, 2.45) is 0 Å². The molecule has 0 unspecified atom stereocenters. The lowest BCUT2D eigenvalue weighted by Crippen LogP contribution is -2.46. The summed E-state index contributed by atoms with van der Waals surface area (Å²) < 4.78 is 5.16. The molecule has 0 fully saturated rings. The van der Waals surface area contributed by atoms with Gasteiger partial charge in [-0.2, -0.15) is 0 Å². The van der Waals surface area contributed by atoms with Gasteiger partial charge in [0.05, 0.1) is 17.2 Å². The first-order valence-corrected chi connectivity index (χ1v) is 7.04. The molecule has 1 aromatic rings. The van der Waals surface area contributed by atoms with Crippen molar-refractivity contribution < 1.29 is 19.1 Å². The molecule has 2 amide bonds. The fourth-order valence-electron chi connectivity index (χ4n) is 2.28. The number of fused-ring (bicyclic) bond motifs is 1. The van der Waals surface area contributed by atoms with Crippen LogP contribution in [0.2, 0.25) is 0 Å². The lowest BCUT2D eigenvalue weighted by molar-refractivity contribution is -0.152. The Hall–Kier alpha value is -2.61. The van der Waals surface area contributed by atoms with Crippen LogP contribution in [-0.2, 0) is 9.53 Å². The van der Waals surface area contributed by atoms with Crippen LogP contribution in [0, 0.1) is 11.8 Å². The summed E-state index contributed by atoms with van der Waals surface area (Å²) in [7, 11) is 0. The van der Waals surface area contributed by atoms with E-state index in [0.29, 0.717) is 11.1 Å². The molecule has 0 radical (unpaired) electrons. The van der Waals surface area contributed by atoms with Crippen LogP contribution in [0.5, 0.6) is 0 Å². The zero-order valence-electron chi connectivity index (χ0n) is 12.8. The number of carbonyl (C=O) groups excluding carboxylic acids is 3. The average Bonchev–Trinajstić information content (AvgIpc) is 2.72. The molecule has 2 rings (SSSR count). The third-order valence-corrected chi connectivity index (χ3v) is 3.23. The van der Waals surface area contributed by atoms with Crippen LogP contribution in [0.4, 0.5) is 0 Å². The Bertz CT molecular complexity index is 646. The van der Waals surface area contributed by atoms with Gasteiger partial charge in [-0.3, -0.25) is 14.5 Å². The van der Waals surface area contributed by atoms with Gasteiger partial charge in [-0.1, -0.05) is 12.1 Å². The van der Waals surface area contributed by atoms with Gasteiger partial charge in [0.15, 0.2) is 0 Å². The van der Waals surface area contributed by atoms with Crippen LogP contribution < -0.4 is 0 Å². The second-order valence-corrected chi connectivity index (χ2v) is 5.16. The summed E-state index contributed by atoms with van der Waals surface area (Å²) in [6.45, 7) is 5.05. The maximum atomic E-state index is 12.5. The Morgan fingerprint density at radius 2 is 1.73 bits per heavy atom. The molecule has 0 aromatic heterocycles. The largest absolute Gasteiger partial charge is 0.461 e. The van der Waals surface area contributed by atoms with Crippen molar-refractivity contribution in [2.45, 2.75) is 39.3 Å². The quantitative estimate of drug-likeness (QED) is 0.485. The van der Waals surface area contributed by atoms with Crippen molar-refractivity contribution in [1.29, 1.82) is 0 Å². The molecule has 1 atom stereocenters. The highest BCUT2D eigenvalue weighted by atomic mass is 16.5. The number of benzene rings is 1. The highest BCUT2D eigenvalue weighted by Gasteiger charge is 2.43. The number of ether oxygens (including phenoxy) is 1. The second kappa shape index (κ2) is 6.44. The molecular weight excluding hydrogens is 282 g/mol. The molecule has 0 bridgehead atoms. The first-order valence-electron chi connectivity index (χ1n) is 7.04. The molecule has 1 aliphatic heterocycles. The fourth-order valence-corrected chi connectivity index (χ4v) is 2.28. The summed E-state index contributed by atoms with van der Waals surface area (Å²) in [5.74, 6) is 3.84. The smallest absolute Gasteiger partial charge is 0.330 e. The minimum atomic E-state index is -1.03. The van der Waals surface area contributed by atoms with Gasteiger partial charge in [-0.05, 0) is 32.9 Å². The predicted molar refractivity (Wildman–Crippen MR) is 80.0 cm³/mol. The van der Waals surface area contributed by atoms with Gasteiger partial charge in [0.25, 0.3) is 11.8 Å². The molecule has 5 heteroatoms. The van der Waals surface area contributed by atoms with Crippen LogP contribution >= 0.6 is 0 Å². The highest BCUT2D eigenvalue weighted by Crippen LogP contribution is 2.26. The summed E-state index contributed by atoms with van der Waals surface area (Å²) in [6.07, 6.45) is -0.271. The lowest BCUT2D eigenvalue weighted by Gasteiger charge is -2.23. The van der Waals surface area contributed by atoms with Crippen molar-refractivity contribution in [2.75, 3.05) is 0 Å². The average molecular weight is 299 g/mol. The van der Waals surface area contributed by atoms with Crippen molar-refractivity contribution in [1.82, 2.24) is 4.90 Å². The van der Waals surface area contributed by atoms with Crippen molar-refractivity contribution in [3.63, 3.8) is 0 Å². The molecule has 1 aromatic carbocycles. The number of hydrogen-bond donors (Lipinski definition) is 0. The molecule has 0 aliphatic carbocycles. The van der Waals surface area contributed by atoms with E-state index in [4.69, 9.17) is 4.74 Å². The third kappa shape index (κ3) is 2.86. The number of nitrogens with zero attached hydrogens (tertiary/aromatic N) is 1. The first-order chi connectivity index (χ1) is 10.5. The summed E-state index contributed by atoms with van der Waals surface area (Å²) in [6, 6.07) is 5.49. The number of imide groups is 1. The minimum Gasteiger partial charge on any atom is -0.461 e. The highest BCUT2D eigenvalue weighted by molar-refractivity contribution is 6.22. The number of amides is 2. The van der Waals surface area contributed by atoms with Crippen molar-refractivity contribution in [3.8, 4) is 11.8 Å². The Morgan fingerprint density at radius 1 is 1.18 bits per heavy atom. The summed E-state index contributed by atoms with van der Waals surface area (Å²) >= 11 is 0. The molecule has 0 spiro atoms. The first kappa shape index (κ1) is 15.8. The number of rotatable bonds is 4. The Labute approximate surface area is 129 Å². The summed E-state index contributed by atoms with van der Waals surface area (Å²) in [4.78, 5) is 38.1. The van der Waals surface area contributed by atoms with Crippen LogP contribution in [-0.4, -0.2) is 34.8 Å². The molecule has 0 saturated heterocycles. The molecular formula is C17H17NO4. The maximum absolute atomic E-state index is 12.5. The van der Waals surface area contributed by atoms with Gasteiger partial charge in [-0.15, -0.1) is 11.8 Å². The van der Waals surface area contributed by atoms with E-state index < -0.39 is 23.8 Å². The van der Waals surface area contributed by atoms with Crippen molar-refractivity contribution in [3.05, 3.63) is 35.4 Å². The monoisotopic (exact) mass is 299 g/mol. The van der Waals surface area contributed by atoms with Crippen LogP contribution in [0.25, 0.3) is 0 Å². The van der Waals surface area contributed by atoms with Gasteiger partial charge in [0, 0.05) is 6.42 Å². The number of hydrogen-bond acceptors (Lipinski definition) is 4. The number of carbonyl (C=O) groups is 3. The lowest BCUT2D eigenvalue weighted by atomic mass is 10.1. The van der Waals surface area contributed by atoms with Gasteiger partial charge >= 0.3 is 5.97 Å². The SMILES string of the molecule is CC#CC[C@@H](C(=O)OC(C)C)N1C(=O)c2ccccc2C1=O. The van der Waals surface area contributed by atoms with Crippen LogP contribution in [0.1, 0.15) is 47.9 Å². The Morgan fingerprint density at radius 3 is 2.18 bits per heavy atom. The molecule has 5 nitrogen and oxygen atoms in total. The van der Waals surface area contributed by atoms with E-state index in [1.807, 2.05) is 0 Å². The van der Waals surface area contributed by atoms with E-state index in [1.165, 1.54) is 0 Å². The standard InChI is InChI=1S/C17H17NO4/c1-4-5-10-14(17(21)22-11(2)3)18-15(19)12-8-6-7-9-13(12)16(18)20/h6-9,11,14H,10H2,1-3H3/t14-/m0/s1. The van der Waals surface area contributed by atoms with Gasteiger partial charge in [0.2, 0.25) is 0 Å². The van der Waals surface area contributed by atoms with Gasteiger partial charge in [0.1, 0.15) is 6.04 Å². The maximum Gasteiger partial charge on any atom is 0.330 e. The normalized spacial score (nSPS) is 14.5. The predicted octanol–water partition coefficient (Wildman–Crippen LogP) is 2.02. The topological polar surface area (TPSA) is 63.7 Å². The van der Waals surface area contributed by atoms with E-state index in [9.17, 15) is 14.4 Å². The van der Waals surface area contributed by atoms with E-state index >= 15 is 0 Å². The Balaban J connectivity index is 2.36. The molecule has 0 saturated carbocycles. The Kier molecular flexibility index (Phi) is 4.62. The molecule has 0 N–H and O–H groups in total. The zero-order valence-corrected chi connectivity index (χ0v) is 12.8. The van der Waals surface area contributed by atoms with E-state index in [0.717, 1.165) is 4.90 Å². The van der Waals surface area contributed by atoms with Crippen molar-refractivity contribution >= 4 is 17.8 Å². The van der Waals surface area contributed by atoms with Crippen LogP contribution in [0.3, 0.4) is 0 Å². The van der Waals surface area contributed by atoms with Crippen LogP contribution in [0.15, 0.2) is 24.3 Å². The molecule has 1 heterocycles. The van der Waals surface area contributed by atoms with E-state index in [1.54, 1.807) is 45.0 Å². The van der Waals surface area contributed by atoms with Gasteiger partial charge in [-0.25, -0.2) is 4.79 Å². The third-order valence-electron chi connectivity index (χ3n) is 3.23. The molecule has 1 aliphatic rings. The zero-order chi connectivity index (χ0) is 16.3. The minimum absolute atomic E-state index is 0.0630. The van der Waals surface area contributed by atoms with Gasteiger partial charge < -0.3 is 4.74 Å². The summed E-state index contributed by atoms with van der Waals surface area (Å²) in [5.41, 5.74) is 0.610. The van der Waals surface area contributed by atoms with E-state index in [-0.39, 0.29) is 12.5 Å². The molecule has 114 valence electrons. The molecule has 22 heavy (non-hydrogen) atoms. The number of esters is 1. The summed E-state index contributed by atoms with van der Waals surface area (Å²) in [5, 5.41) is 0. The van der Waals surface area contributed by atoms with E-state index in [2.05, 4.69) is 11.8 Å². The second-order valence-electron chi connectivity index (χ2n) is 5.16. The fraction of sp³-hybridized carbons (Fsp3) is 0.353.